The number of likely N-dealkylation sites (tertiary alicyclic amines) is 1. The van der Waals surface area contributed by atoms with Crippen LogP contribution < -0.4 is 10.5 Å². The third-order valence-corrected chi connectivity index (χ3v) is 5.96. The van der Waals surface area contributed by atoms with E-state index in [1.807, 2.05) is 64.2 Å². The second-order valence-electron chi connectivity index (χ2n) is 8.02. The minimum atomic E-state index is 0.0390. The molecule has 8 heteroatoms. The number of nitrogens with two attached hydrogens (primary N) is 1. The zero-order chi connectivity index (χ0) is 22.1. The van der Waals surface area contributed by atoms with Crippen LogP contribution >= 0.6 is 0 Å². The second kappa shape index (κ2) is 8.19. The lowest BCUT2D eigenvalue weighted by molar-refractivity contribution is 0.179. The molecule has 3 heterocycles. The number of hydrogen-bond donors (Lipinski definition) is 1. The van der Waals surface area contributed by atoms with Gasteiger partial charge < -0.3 is 15.4 Å². The Kier molecular flexibility index (Phi) is 5.07. The van der Waals surface area contributed by atoms with E-state index in [0.29, 0.717) is 18.0 Å². The van der Waals surface area contributed by atoms with E-state index in [-0.39, 0.29) is 12.1 Å². The highest BCUT2D eigenvalue weighted by atomic mass is 16.5. The number of ether oxygens (including phenoxy) is 1. The number of nitrogens with zero attached hydrogens (tertiary/aromatic N) is 6. The smallest absolute Gasteiger partial charge is 0.179 e. The van der Waals surface area contributed by atoms with E-state index in [1.54, 1.807) is 0 Å². The van der Waals surface area contributed by atoms with Crippen LogP contribution in [0.5, 0.6) is 11.5 Å². The first-order valence-electron chi connectivity index (χ1n) is 10.6. The molecule has 8 nitrogen and oxygen atoms in total. The third-order valence-electron chi connectivity index (χ3n) is 5.96. The number of fused-ring (bicyclic) bond motifs is 1. The van der Waals surface area contributed by atoms with Gasteiger partial charge in [-0.2, -0.15) is 10.4 Å². The Morgan fingerprint density at radius 1 is 1.03 bits per heavy atom. The predicted molar refractivity (Wildman–Crippen MR) is 122 cm³/mol. The van der Waals surface area contributed by atoms with E-state index in [4.69, 9.17) is 15.6 Å². The summed E-state index contributed by atoms with van der Waals surface area (Å²) in [6.45, 7) is 2.67. The Bertz CT molecular complexity index is 1280. The Labute approximate surface area is 185 Å². The molecule has 0 radical (unpaired) electrons. The van der Waals surface area contributed by atoms with Crippen LogP contribution in [0, 0.1) is 11.5 Å². The van der Waals surface area contributed by atoms with Gasteiger partial charge in [0.2, 0.25) is 0 Å². The fourth-order valence-corrected chi connectivity index (χ4v) is 4.18. The summed E-state index contributed by atoms with van der Waals surface area (Å²) in [5.74, 6) is 1.90. The highest BCUT2D eigenvalue weighted by molar-refractivity contribution is 5.98. The van der Waals surface area contributed by atoms with Crippen molar-refractivity contribution in [2.45, 2.75) is 31.8 Å². The van der Waals surface area contributed by atoms with Gasteiger partial charge in [0.15, 0.2) is 11.8 Å². The summed E-state index contributed by atoms with van der Waals surface area (Å²) in [6, 6.07) is 17.7. The molecule has 160 valence electrons. The largest absolute Gasteiger partial charge is 0.457 e. The summed E-state index contributed by atoms with van der Waals surface area (Å²) in [5, 5.41) is 15.1. The zero-order valence-electron chi connectivity index (χ0n) is 17.7. The number of hydrogen-bond acceptors (Lipinski definition) is 7. The van der Waals surface area contributed by atoms with Crippen LogP contribution in [0.1, 0.15) is 25.8 Å². The first-order chi connectivity index (χ1) is 15.6. The highest BCUT2D eigenvalue weighted by Gasteiger charge is 2.29. The van der Waals surface area contributed by atoms with Crippen molar-refractivity contribution < 1.29 is 4.74 Å². The van der Waals surface area contributed by atoms with Gasteiger partial charge in [0.05, 0.1) is 18.0 Å². The van der Waals surface area contributed by atoms with Gasteiger partial charge in [0.25, 0.3) is 0 Å². The van der Waals surface area contributed by atoms with Gasteiger partial charge in [0.1, 0.15) is 29.3 Å². The van der Waals surface area contributed by atoms with Crippen molar-refractivity contribution in [2.75, 3.05) is 12.3 Å². The molecule has 5 rings (SSSR count). The van der Waals surface area contributed by atoms with Crippen molar-refractivity contribution in [1.82, 2.24) is 24.6 Å². The molecular weight excluding hydrogens is 402 g/mol. The molecule has 2 aromatic carbocycles. The van der Waals surface area contributed by atoms with Crippen molar-refractivity contribution in [3.05, 3.63) is 60.9 Å². The van der Waals surface area contributed by atoms with E-state index in [2.05, 4.69) is 23.1 Å². The van der Waals surface area contributed by atoms with E-state index in [0.717, 1.165) is 41.0 Å². The SMILES string of the molecule is C[C@H]1CC[C@@H](n2nc(-c3ccc(Oc4ccccc4)cc3)c3c(N)ncnc32)CN1C#N. The summed E-state index contributed by atoms with van der Waals surface area (Å²) < 4.78 is 7.81. The number of piperidine rings is 1. The van der Waals surface area contributed by atoms with Crippen LogP contribution in [-0.2, 0) is 0 Å². The molecule has 1 saturated heterocycles. The Balaban J connectivity index is 1.51. The third kappa shape index (κ3) is 3.58. The van der Waals surface area contributed by atoms with Gasteiger partial charge in [-0.25, -0.2) is 14.6 Å². The quantitative estimate of drug-likeness (QED) is 0.484. The molecule has 4 aromatic rings. The maximum atomic E-state index is 9.49. The lowest BCUT2D eigenvalue weighted by Gasteiger charge is -2.34. The van der Waals surface area contributed by atoms with Gasteiger partial charge >= 0.3 is 0 Å². The van der Waals surface area contributed by atoms with Crippen molar-refractivity contribution >= 4 is 16.9 Å². The summed E-state index contributed by atoms with van der Waals surface area (Å²) in [5.41, 5.74) is 8.57. The second-order valence-corrected chi connectivity index (χ2v) is 8.02. The van der Waals surface area contributed by atoms with E-state index < -0.39 is 0 Å². The van der Waals surface area contributed by atoms with Crippen LogP contribution in [0.25, 0.3) is 22.3 Å². The fourth-order valence-electron chi connectivity index (χ4n) is 4.18. The average Bonchev–Trinajstić information content (AvgIpc) is 3.22. The van der Waals surface area contributed by atoms with Gasteiger partial charge in [0, 0.05) is 11.6 Å². The Morgan fingerprint density at radius 2 is 1.78 bits per heavy atom. The molecule has 32 heavy (non-hydrogen) atoms. The summed E-state index contributed by atoms with van der Waals surface area (Å²) in [6.07, 6.45) is 5.60. The average molecular weight is 425 g/mol. The van der Waals surface area contributed by atoms with Crippen molar-refractivity contribution in [1.29, 1.82) is 5.26 Å². The van der Waals surface area contributed by atoms with Crippen LogP contribution in [0.4, 0.5) is 5.82 Å². The summed E-state index contributed by atoms with van der Waals surface area (Å²) in [7, 11) is 0. The van der Waals surface area contributed by atoms with Crippen molar-refractivity contribution in [3.8, 4) is 28.9 Å². The van der Waals surface area contributed by atoms with Crippen molar-refractivity contribution in [2.24, 2.45) is 0 Å². The normalized spacial score (nSPS) is 18.4. The molecule has 1 fully saturated rings. The molecule has 2 N–H and O–H groups in total. The number of aromatic nitrogens is 4. The number of nitriles is 1. The van der Waals surface area contributed by atoms with Gasteiger partial charge in [-0.05, 0) is 56.2 Å². The number of benzene rings is 2. The molecule has 0 amide bonds. The molecular formula is C24H23N7O. The minimum Gasteiger partial charge on any atom is -0.457 e. The predicted octanol–water partition coefficient (Wildman–Crippen LogP) is 4.37. The molecule has 0 saturated carbocycles. The van der Waals surface area contributed by atoms with E-state index >= 15 is 0 Å². The van der Waals surface area contributed by atoms with Crippen LogP contribution in [0.15, 0.2) is 60.9 Å². The molecule has 0 aliphatic carbocycles. The molecule has 0 unspecified atom stereocenters. The maximum absolute atomic E-state index is 9.49. The lowest BCUT2D eigenvalue weighted by atomic mass is 10.0. The zero-order valence-corrected chi connectivity index (χ0v) is 17.7. The molecule has 1 aliphatic heterocycles. The molecule has 1 aliphatic rings. The van der Waals surface area contributed by atoms with E-state index in [9.17, 15) is 5.26 Å². The number of nitrogen functional groups attached to an aromatic ring is 1. The standard InChI is InChI=1S/C24H23N7O/c1-16-7-10-18(13-30(16)14-25)31-24-21(23(26)27-15-28-24)22(29-31)17-8-11-20(12-9-17)32-19-5-3-2-4-6-19/h2-6,8-9,11-12,15-16,18H,7,10,13H2,1H3,(H2,26,27,28)/t16-,18+/m0/s1. The Morgan fingerprint density at radius 3 is 2.53 bits per heavy atom. The van der Waals surface area contributed by atoms with Gasteiger partial charge in [-0.15, -0.1) is 0 Å². The van der Waals surface area contributed by atoms with Crippen LogP contribution in [-0.4, -0.2) is 37.2 Å². The van der Waals surface area contributed by atoms with Crippen molar-refractivity contribution in [3.63, 3.8) is 0 Å². The first-order valence-corrected chi connectivity index (χ1v) is 10.6. The maximum Gasteiger partial charge on any atom is 0.179 e. The van der Waals surface area contributed by atoms with Crippen LogP contribution in [0.2, 0.25) is 0 Å². The first kappa shape index (κ1) is 19.8. The van der Waals surface area contributed by atoms with Crippen LogP contribution in [0.3, 0.4) is 0 Å². The highest BCUT2D eigenvalue weighted by Crippen LogP contribution is 2.35. The number of rotatable bonds is 4. The molecule has 0 bridgehead atoms. The topological polar surface area (TPSA) is 106 Å². The van der Waals surface area contributed by atoms with E-state index in [1.165, 1.54) is 6.33 Å². The van der Waals surface area contributed by atoms with Gasteiger partial charge in [-0.1, -0.05) is 18.2 Å². The van der Waals surface area contributed by atoms with Gasteiger partial charge in [-0.3, -0.25) is 0 Å². The number of para-hydroxylation sites is 1. The Hall–Kier alpha value is -4.12. The molecule has 2 aromatic heterocycles. The molecule has 2 atom stereocenters. The lowest BCUT2D eigenvalue weighted by Crippen LogP contribution is -2.39. The molecule has 0 spiro atoms. The minimum absolute atomic E-state index is 0.0390. The number of anilines is 1. The monoisotopic (exact) mass is 425 g/mol. The fraction of sp³-hybridized carbons (Fsp3) is 0.250. The summed E-state index contributed by atoms with van der Waals surface area (Å²) >= 11 is 0. The summed E-state index contributed by atoms with van der Waals surface area (Å²) in [4.78, 5) is 10.5.